The number of hydrogen-bond donors (Lipinski definition) is 0. The van der Waals surface area contributed by atoms with Crippen LogP contribution in [0.3, 0.4) is 0 Å². The molecule has 0 atom stereocenters. The molecule has 10 nitrogen and oxygen atoms in total. The first-order valence-electron chi connectivity index (χ1n) is 24.9. The molecule has 0 aliphatic heterocycles. The van der Waals surface area contributed by atoms with E-state index >= 15 is 0 Å². The van der Waals surface area contributed by atoms with Crippen molar-refractivity contribution in [1.82, 2.24) is 0 Å². The van der Waals surface area contributed by atoms with Gasteiger partial charge in [-0.2, -0.15) is 0 Å². The van der Waals surface area contributed by atoms with Gasteiger partial charge in [-0.05, 0) is 122 Å². The quantitative estimate of drug-likeness (QED) is 0.0125. The number of hydrogen-bond acceptors (Lipinski definition) is 10. The normalized spacial score (nSPS) is 10.5. The highest BCUT2D eigenvalue weighted by Crippen LogP contribution is 2.21. The summed E-state index contributed by atoms with van der Waals surface area (Å²) in [6.07, 6.45) is 25.8. The average molecular weight is 931 g/mol. The van der Waals surface area contributed by atoms with Gasteiger partial charge in [0.1, 0.15) is 34.5 Å². The summed E-state index contributed by atoms with van der Waals surface area (Å²) in [5.74, 6) is 4.32. The van der Waals surface area contributed by atoms with Crippen LogP contribution >= 0.6 is 0 Å². The lowest BCUT2D eigenvalue weighted by Gasteiger charge is -2.07. The molecule has 0 unspecified atom stereocenters. The average Bonchev–Trinajstić information content (AvgIpc) is 3.35. The summed E-state index contributed by atoms with van der Waals surface area (Å²) in [4.78, 5) is 47.8. The number of aryl methyl sites for hydroxylation is 2. The van der Waals surface area contributed by atoms with Gasteiger partial charge in [-0.3, -0.25) is 0 Å². The standard InChI is InChI=1S/C30H40O4.C28H34O6/c1-3-5-7-9-11-13-25-15-19-27(20-16-25)33-29(31)23-24-30(32)34-28-21-17-26(18-22-28)14-12-10-8-6-4-2;1-3-5-7-9-21-31-23-11-15-25(16-12-23)33-27(29)19-20-28(30)34-26-17-13-24(14-18-26)32-22-10-8-6-4-2/h15-24H,3-14H2,1-2H3;11-18H,3-10,21-22H2,1-2H3/b24-23-;. The Morgan fingerprint density at radius 2 is 0.632 bits per heavy atom. The molecule has 0 saturated heterocycles. The zero-order valence-electron chi connectivity index (χ0n) is 41.0. The smallest absolute Gasteiger partial charge is 0.390 e. The van der Waals surface area contributed by atoms with Gasteiger partial charge >= 0.3 is 23.9 Å². The molecule has 4 aromatic rings. The van der Waals surface area contributed by atoms with Gasteiger partial charge in [-0.15, -0.1) is 0 Å². The molecule has 0 aliphatic rings. The molecule has 366 valence electrons. The molecule has 0 spiro atoms. The topological polar surface area (TPSA) is 124 Å². The highest BCUT2D eigenvalue weighted by Gasteiger charge is 2.08. The zero-order valence-corrected chi connectivity index (χ0v) is 41.0. The van der Waals surface area contributed by atoms with E-state index in [2.05, 4.69) is 39.5 Å². The highest BCUT2D eigenvalue weighted by molar-refractivity contribution is 5.99. The monoisotopic (exact) mass is 931 g/mol. The molecule has 0 aromatic heterocycles. The number of rotatable bonds is 30. The Labute approximate surface area is 406 Å². The molecule has 0 bridgehead atoms. The third-order valence-corrected chi connectivity index (χ3v) is 10.6. The first kappa shape index (κ1) is 56.0. The summed E-state index contributed by atoms with van der Waals surface area (Å²) < 4.78 is 32.1. The van der Waals surface area contributed by atoms with E-state index in [1.165, 1.54) is 101 Å². The molecule has 0 radical (unpaired) electrons. The number of ether oxygens (including phenoxy) is 6. The Balaban J connectivity index is 0.000000360. The van der Waals surface area contributed by atoms with Crippen LogP contribution in [-0.2, 0) is 32.0 Å². The van der Waals surface area contributed by atoms with Gasteiger partial charge in [0, 0.05) is 24.0 Å². The molecule has 0 N–H and O–H groups in total. The first-order valence-corrected chi connectivity index (χ1v) is 24.9. The van der Waals surface area contributed by atoms with Crippen molar-refractivity contribution in [1.29, 1.82) is 0 Å². The summed E-state index contributed by atoms with van der Waals surface area (Å²) in [5, 5.41) is 0. The maximum Gasteiger partial charge on any atom is 0.390 e. The predicted octanol–water partition coefficient (Wildman–Crippen LogP) is 13.9. The fourth-order valence-electron chi connectivity index (χ4n) is 6.76. The van der Waals surface area contributed by atoms with Crippen LogP contribution in [0.4, 0.5) is 0 Å². The molecule has 0 amide bonds. The Morgan fingerprint density at radius 3 is 0.971 bits per heavy atom. The maximum atomic E-state index is 12.0. The SMILES string of the molecule is CCCCCCCc1ccc(OC(=O)/C=C\C(=O)Oc2ccc(CCCCCCC)cc2)cc1.CCCCCCOc1ccc(OC(=O)C#CC(=O)Oc2ccc(OCCCCCC)cc2)cc1. The highest BCUT2D eigenvalue weighted by atomic mass is 16.5. The number of carbonyl (C=O) groups excluding carboxylic acids is 4. The van der Waals surface area contributed by atoms with Crippen molar-refractivity contribution in [3.63, 3.8) is 0 Å². The van der Waals surface area contributed by atoms with E-state index in [4.69, 9.17) is 28.4 Å². The zero-order chi connectivity index (χ0) is 48.9. The Bertz CT molecular complexity index is 1940. The molecule has 0 heterocycles. The van der Waals surface area contributed by atoms with Crippen LogP contribution < -0.4 is 28.4 Å². The van der Waals surface area contributed by atoms with Crippen molar-refractivity contribution < 1.29 is 47.6 Å². The fourth-order valence-corrected chi connectivity index (χ4v) is 6.76. The maximum absolute atomic E-state index is 12.0. The minimum absolute atomic E-state index is 0.316. The van der Waals surface area contributed by atoms with Crippen molar-refractivity contribution in [3.05, 3.63) is 120 Å². The number of esters is 4. The molecule has 4 aromatic carbocycles. The van der Waals surface area contributed by atoms with E-state index in [1.807, 2.05) is 24.3 Å². The van der Waals surface area contributed by atoms with Crippen molar-refractivity contribution in [3.8, 4) is 46.3 Å². The van der Waals surface area contributed by atoms with Gasteiger partial charge < -0.3 is 28.4 Å². The van der Waals surface area contributed by atoms with Gasteiger partial charge in [0.15, 0.2) is 0 Å². The lowest BCUT2D eigenvalue weighted by Crippen LogP contribution is -2.08. The summed E-state index contributed by atoms with van der Waals surface area (Å²) in [5.41, 5.74) is 2.47. The molecule has 10 heteroatoms. The molecule has 4 rings (SSSR count). The van der Waals surface area contributed by atoms with Gasteiger partial charge in [-0.25, -0.2) is 19.2 Å². The molecule has 68 heavy (non-hydrogen) atoms. The van der Waals surface area contributed by atoms with E-state index in [0.717, 1.165) is 50.7 Å². The second kappa shape index (κ2) is 35.8. The largest absolute Gasteiger partial charge is 0.494 e. The summed E-state index contributed by atoms with van der Waals surface area (Å²) >= 11 is 0. The fraction of sp³-hybridized carbons (Fsp3) is 0.448. The molecular formula is C58H74O10. The summed E-state index contributed by atoms with van der Waals surface area (Å²) in [7, 11) is 0. The summed E-state index contributed by atoms with van der Waals surface area (Å²) in [6.45, 7) is 10.1. The second-order valence-corrected chi connectivity index (χ2v) is 16.6. The molecule has 0 aliphatic carbocycles. The van der Waals surface area contributed by atoms with Crippen molar-refractivity contribution >= 4 is 23.9 Å². The lowest BCUT2D eigenvalue weighted by molar-refractivity contribution is -0.131. The van der Waals surface area contributed by atoms with Crippen LogP contribution in [0, 0.1) is 11.8 Å². The summed E-state index contributed by atoms with van der Waals surface area (Å²) in [6, 6.07) is 28.5. The molecule has 0 saturated carbocycles. The van der Waals surface area contributed by atoms with Gasteiger partial charge in [0.05, 0.1) is 13.2 Å². The van der Waals surface area contributed by atoms with E-state index in [1.54, 1.807) is 72.8 Å². The van der Waals surface area contributed by atoms with E-state index in [0.29, 0.717) is 47.7 Å². The van der Waals surface area contributed by atoms with Crippen molar-refractivity contribution in [2.75, 3.05) is 13.2 Å². The van der Waals surface area contributed by atoms with Crippen molar-refractivity contribution in [2.24, 2.45) is 0 Å². The van der Waals surface area contributed by atoms with Gasteiger partial charge in [0.2, 0.25) is 0 Å². The lowest BCUT2D eigenvalue weighted by atomic mass is 10.1. The number of carbonyl (C=O) groups is 4. The minimum atomic E-state index is -0.850. The van der Waals surface area contributed by atoms with Crippen LogP contribution in [-0.4, -0.2) is 37.1 Å². The number of unbranched alkanes of at least 4 members (excludes halogenated alkanes) is 14. The second-order valence-electron chi connectivity index (χ2n) is 16.6. The predicted molar refractivity (Wildman–Crippen MR) is 269 cm³/mol. The Hall–Kier alpha value is -6.34. The minimum Gasteiger partial charge on any atom is -0.494 e. The Kier molecular flexibility index (Phi) is 29.5. The Morgan fingerprint density at radius 1 is 0.353 bits per heavy atom. The van der Waals surface area contributed by atoms with E-state index in [9.17, 15) is 19.2 Å². The van der Waals surface area contributed by atoms with Crippen LogP contribution in [0.25, 0.3) is 0 Å². The van der Waals surface area contributed by atoms with Crippen LogP contribution in [0.1, 0.15) is 154 Å². The van der Waals surface area contributed by atoms with Crippen LogP contribution in [0.5, 0.6) is 34.5 Å². The third kappa shape index (κ3) is 26.7. The van der Waals surface area contributed by atoms with Crippen LogP contribution in [0.2, 0.25) is 0 Å². The van der Waals surface area contributed by atoms with E-state index in [-0.39, 0.29) is 0 Å². The van der Waals surface area contributed by atoms with Gasteiger partial charge in [-0.1, -0.05) is 142 Å². The van der Waals surface area contributed by atoms with Crippen LogP contribution in [0.15, 0.2) is 109 Å². The third-order valence-electron chi connectivity index (χ3n) is 10.6. The molecule has 0 fully saturated rings. The molecular weight excluding hydrogens is 857 g/mol. The van der Waals surface area contributed by atoms with Gasteiger partial charge in [0.25, 0.3) is 0 Å². The number of benzene rings is 4. The van der Waals surface area contributed by atoms with Crippen molar-refractivity contribution in [2.45, 2.75) is 156 Å². The van der Waals surface area contributed by atoms with E-state index < -0.39 is 23.9 Å². The first-order chi connectivity index (χ1) is 33.2.